The van der Waals surface area contributed by atoms with Crippen LogP contribution in [0.25, 0.3) is 6.08 Å². The molecular formula is C32H27BrN6O3. The minimum absolute atomic E-state index is 0.0515. The van der Waals surface area contributed by atoms with Gasteiger partial charge in [-0.2, -0.15) is 10.2 Å². The van der Waals surface area contributed by atoms with E-state index in [1.807, 2.05) is 48.5 Å². The molecular weight excluding hydrogens is 596 g/mol. The summed E-state index contributed by atoms with van der Waals surface area (Å²) in [6, 6.07) is 24.8. The summed E-state index contributed by atoms with van der Waals surface area (Å²) in [5, 5.41) is 16.1. The van der Waals surface area contributed by atoms with E-state index < -0.39 is 23.9 Å². The Morgan fingerprint density at radius 3 is 2.36 bits per heavy atom. The average Bonchev–Trinajstić information content (AvgIpc) is 3.68. The van der Waals surface area contributed by atoms with Gasteiger partial charge in [-0.15, -0.1) is 0 Å². The summed E-state index contributed by atoms with van der Waals surface area (Å²) in [5.41, 5.74) is 4.63. The van der Waals surface area contributed by atoms with Crippen molar-refractivity contribution in [3.63, 3.8) is 0 Å². The maximum absolute atomic E-state index is 14.0. The third-order valence-corrected chi connectivity index (χ3v) is 8.81. The summed E-state index contributed by atoms with van der Waals surface area (Å²) in [7, 11) is 0. The SMILES string of the molecule is O=C1[C@H]2N=NN(CC(=O)N3N=C4/C(=C/c5ccccc5)CCC[C@@H]4[C@H]3c3ccccc3)[C@H]2C(=O)N1c1ccc(Br)cc1. The minimum Gasteiger partial charge on any atom is -0.271 e. The highest BCUT2D eigenvalue weighted by Gasteiger charge is 2.55. The Bertz CT molecular complexity index is 1640. The molecule has 0 N–H and O–H groups in total. The molecule has 0 aromatic heterocycles. The molecule has 4 aliphatic rings. The Kier molecular flexibility index (Phi) is 6.78. The third kappa shape index (κ3) is 4.56. The van der Waals surface area contributed by atoms with Gasteiger partial charge in [0.25, 0.3) is 17.7 Å². The molecule has 0 bridgehead atoms. The Labute approximate surface area is 251 Å². The number of imide groups is 1. The van der Waals surface area contributed by atoms with E-state index in [-0.39, 0.29) is 24.4 Å². The van der Waals surface area contributed by atoms with Crippen LogP contribution >= 0.6 is 15.9 Å². The zero-order valence-electron chi connectivity index (χ0n) is 22.6. The molecule has 0 spiro atoms. The maximum Gasteiger partial charge on any atom is 0.264 e. The first-order valence-electron chi connectivity index (χ1n) is 14.0. The molecule has 1 saturated heterocycles. The molecule has 9 nitrogen and oxygen atoms in total. The van der Waals surface area contributed by atoms with E-state index >= 15 is 0 Å². The molecule has 210 valence electrons. The van der Waals surface area contributed by atoms with Crippen LogP contribution in [0.15, 0.2) is 110 Å². The van der Waals surface area contributed by atoms with Gasteiger partial charge < -0.3 is 0 Å². The topological polar surface area (TPSA) is 98.0 Å². The number of anilines is 1. The van der Waals surface area contributed by atoms with E-state index in [0.717, 1.165) is 51.0 Å². The van der Waals surface area contributed by atoms with Gasteiger partial charge in [0.15, 0.2) is 12.1 Å². The summed E-state index contributed by atoms with van der Waals surface area (Å²) in [5.74, 6) is -1.14. The third-order valence-electron chi connectivity index (χ3n) is 8.28. The van der Waals surface area contributed by atoms with Crippen molar-refractivity contribution in [2.75, 3.05) is 11.4 Å². The van der Waals surface area contributed by atoms with Crippen molar-refractivity contribution in [2.24, 2.45) is 21.4 Å². The molecule has 3 heterocycles. The average molecular weight is 624 g/mol. The molecule has 3 aliphatic heterocycles. The number of fused-ring (bicyclic) bond motifs is 2. The van der Waals surface area contributed by atoms with Crippen molar-refractivity contribution in [3.05, 3.63) is 106 Å². The van der Waals surface area contributed by atoms with Crippen LogP contribution in [0.5, 0.6) is 0 Å². The molecule has 0 unspecified atom stereocenters. The predicted molar refractivity (Wildman–Crippen MR) is 161 cm³/mol. The smallest absolute Gasteiger partial charge is 0.264 e. The standard InChI is InChI=1S/C32H27BrN6O3/c33-23-14-16-24(17-15-23)38-31(41)28-30(32(38)42)37(36-34-28)19-26(40)39-29(21-10-5-2-6-11-21)25-13-7-12-22(27(25)35-39)18-20-8-3-1-4-9-20/h1-6,8-11,14-18,25,28-30H,7,12-13,19H2/b22-18+/t25-,28-,29+,30+/m0/s1. The molecule has 3 aromatic rings. The molecule has 3 aromatic carbocycles. The summed E-state index contributed by atoms with van der Waals surface area (Å²) in [6.45, 7) is -0.220. The van der Waals surface area contributed by atoms with E-state index in [0.29, 0.717) is 5.69 Å². The number of hydrogen-bond acceptors (Lipinski definition) is 7. The number of halogens is 1. The first kappa shape index (κ1) is 26.5. The lowest BCUT2D eigenvalue weighted by Crippen LogP contribution is -2.45. The number of hydrogen-bond donors (Lipinski definition) is 0. The van der Waals surface area contributed by atoms with Crippen LogP contribution in [-0.4, -0.2) is 52.1 Å². The number of carbonyl (C=O) groups is 3. The molecule has 1 saturated carbocycles. The number of nitrogens with zero attached hydrogens (tertiary/aromatic N) is 6. The minimum atomic E-state index is -0.980. The van der Waals surface area contributed by atoms with Gasteiger partial charge in [0.2, 0.25) is 0 Å². The molecule has 7 rings (SSSR count). The van der Waals surface area contributed by atoms with Crippen LogP contribution in [0.2, 0.25) is 0 Å². The fourth-order valence-electron chi connectivity index (χ4n) is 6.35. The van der Waals surface area contributed by atoms with Crippen LogP contribution in [0.4, 0.5) is 5.69 Å². The normalized spacial score (nSPS) is 25.7. The lowest BCUT2D eigenvalue weighted by molar-refractivity contribution is -0.136. The highest BCUT2D eigenvalue weighted by atomic mass is 79.9. The second-order valence-electron chi connectivity index (χ2n) is 10.8. The van der Waals surface area contributed by atoms with E-state index in [2.05, 4.69) is 44.5 Å². The number of benzene rings is 3. The van der Waals surface area contributed by atoms with Crippen LogP contribution < -0.4 is 4.90 Å². The number of allylic oxidation sites excluding steroid dienone is 1. The summed E-state index contributed by atoms with van der Waals surface area (Å²) < 4.78 is 0.833. The van der Waals surface area contributed by atoms with Crippen molar-refractivity contribution >= 4 is 51.1 Å². The molecule has 0 radical (unpaired) electrons. The van der Waals surface area contributed by atoms with Crippen molar-refractivity contribution in [1.29, 1.82) is 0 Å². The number of rotatable bonds is 5. The van der Waals surface area contributed by atoms with Gasteiger partial charge in [-0.05, 0) is 66.3 Å². The predicted octanol–water partition coefficient (Wildman–Crippen LogP) is 5.57. The van der Waals surface area contributed by atoms with E-state index in [9.17, 15) is 14.4 Å². The maximum atomic E-state index is 14.0. The second kappa shape index (κ2) is 10.8. The molecule has 3 amide bonds. The van der Waals surface area contributed by atoms with Gasteiger partial charge in [0.05, 0.1) is 17.4 Å². The molecule has 1 aliphatic carbocycles. The van der Waals surface area contributed by atoms with Crippen LogP contribution in [0, 0.1) is 5.92 Å². The Balaban J connectivity index is 1.18. The van der Waals surface area contributed by atoms with E-state index in [4.69, 9.17) is 5.10 Å². The van der Waals surface area contributed by atoms with Crippen LogP contribution in [0.3, 0.4) is 0 Å². The Morgan fingerprint density at radius 2 is 1.62 bits per heavy atom. The zero-order valence-corrected chi connectivity index (χ0v) is 24.2. The van der Waals surface area contributed by atoms with Crippen molar-refractivity contribution in [1.82, 2.24) is 10.0 Å². The van der Waals surface area contributed by atoms with Gasteiger partial charge in [0.1, 0.15) is 6.54 Å². The Morgan fingerprint density at radius 1 is 0.905 bits per heavy atom. The van der Waals surface area contributed by atoms with Crippen molar-refractivity contribution in [3.8, 4) is 0 Å². The zero-order chi connectivity index (χ0) is 28.8. The Hall–Kier alpha value is -4.44. The van der Waals surface area contributed by atoms with E-state index in [1.54, 1.807) is 29.3 Å². The molecule has 42 heavy (non-hydrogen) atoms. The fraction of sp³-hybridized carbons (Fsp3) is 0.250. The molecule has 10 heteroatoms. The number of carbonyl (C=O) groups excluding carboxylic acids is 3. The van der Waals surface area contributed by atoms with Gasteiger partial charge >= 0.3 is 0 Å². The lowest BCUT2D eigenvalue weighted by Gasteiger charge is -2.30. The lowest BCUT2D eigenvalue weighted by atomic mass is 9.77. The molecule has 2 fully saturated rings. The van der Waals surface area contributed by atoms with Crippen molar-refractivity contribution in [2.45, 2.75) is 37.4 Å². The van der Waals surface area contributed by atoms with Crippen molar-refractivity contribution < 1.29 is 14.4 Å². The first-order valence-corrected chi connectivity index (χ1v) is 14.8. The monoisotopic (exact) mass is 622 g/mol. The number of hydrazone groups is 1. The molecule has 4 atom stereocenters. The van der Waals surface area contributed by atoms with Crippen LogP contribution in [-0.2, 0) is 14.4 Å². The van der Waals surface area contributed by atoms with E-state index in [1.165, 1.54) is 5.01 Å². The summed E-state index contributed by atoms with van der Waals surface area (Å²) >= 11 is 3.38. The fourth-order valence-corrected chi connectivity index (χ4v) is 6.61. The largest absolute Gasteiger partial charge is 0.271 e. The quantitative estimate of drug-likeness (QED) is 0.348. The summed E-state index contributed by atoms with van der Waals surface area (Å²) in [4.78, 5) is 41.8. The number of amides is 3. The van der Waals surface area contributed by atoms with Gasteiger partial charge in [0, 0.05) is 10.4 Å². The van der Waals surface area contributed by atoms with Gasteiger partial charge in [-0.25, -0.2) is 9.91 Å². The first-order chi connectivity index (χ1) is 20.5. The second-order valence-corrected chi connectivity index (χ2v) is 11.8. The van der Waals surface area contributed by atoms with Gasteiger partial charge in [-0.1, -0.05) is 81.8 Å². The van der Waals surface area contributed by atoms with Gasteiger partial charge in [-0.3, -0.25) is 19.4 Å². The van der Waals surface area contributed by atoms with Crippen LogP contribution in [0.1, 0.15) is 36.4 Å². The highest BCUT2D eigenvalue weighted by Crippen LogP contribution is 2.44. The summed E-state index contributed by atoms with van der Waals surface area (Å²) in [6.07, 6.45) is 4.97. The highest BCUT2D eigenvalue weighted by molar-refractivity contribution is 9.10.